The van der Waals surface area contributed by atoms with E-state index in [1.165, 1.54) is 23.7 Å². The molecule has 1 saturated carbocycles. The Labute approximate surface area is 152 Å². The van der Waals surface area contributed by atoms with Crippen LogP contribution in [0.25, 0.3) is 22.4 Å². The summed E-state index contributed by atoms with van der Waals surface area (Å²) in [5.74, 6) is -0.363. The fourth-order valence-electron chi connectivity index (χ4n) is 3.48. The first-order valence-electron chi connectivity index (χ1n) is 8.52. The molecule has 1 aromatic carbocycles. The van der Waals surface area contributed by atoms with Crippen molar-refractivity contribution in [2.45, 2.75) is 32.5 Å². The van der Waals surface area contributed by atoms with Crippen LogP contribution in [-0.4, -0.2) is 20.3 Å². The third-order valence-corrected chi connectivity index (χ3v) is 5.36. The number of alkyl halides is 3. The topological polar surface area (TPSA) is 39.8 Å². The van der Waals surface area contributed by atoms with Crippen molar-refractivity contribution >= 4 is 11.2 Å². The smallest absolute Gasteiger partial charge is 0.289 e. The third-order valence-electron chi connectivity index (χ3n) is 5.36. The first-order valence-corrected chi connectivity index (χ1v) is 8.52. The summed E-state index contributed by atoms with van der Waals surface area (Å²) in [6, 6.07) is 7.54. The van der Waals surface area contributed by atoms with Gasteiger partial charge in [-0.1, -0.05) is 0 Å². The highest BCUT2D eigenvalue weighted by atomic mass is 19.4. The van der Waals surface area contributed by atoms with E-state index in [0.717, 1.165) is 4.57 Å². The van der Waals surface area contributed by atoms with Crippen LogP contribution in [0.4, 0.5) is 17.6 Å². The number of hydrogen-bond donors (Lipinski definition) is 0. The molecule has 1 aliphatic rings. The van der Waals surface area contributed by atoms with Gasteiger partial charge in [0.1, 0.15) is 5.82 Å². The van der Waals surface area contributed by atoms with Gasteiger partial charge in [0.15, 0.2) is 5.65 Å². The Morgan fingerprint density at radius 2 is 1.89 bits per heavy atom. The van der Waals surface area contributed by atoms with Crippen LogP contribution < -0.4 is 5.69 Å². The zero-order chi connectivity index (χ0) is 19.6. The quantitative estimate of drug-likeness (QED) is 0.640. The Balaban J connectivity index is 1.83. The van der Waals surface area contributed by atoms with Gasteiger partial charge in [0.2, 0.25) is 0 Å². The van der Waals surface area contributed by atoms with Crippen molar-refractivity contribution in [3.63, 3.8) is 0 Å². The van der Waals surface area contributed by atoms with Gasteiger partial charge >= 0.3 is 11.9 Å². The molecular formula is C19H17F4N3O. The number of halogens is 4. The van der Waals surface area contributed by atoms with Crippen LogP contribution in [0.15, 0.2) is 35.1 Å². The summed E-state index contributed by atoms with van der Waals surface area (Å²) in [7, 11) is 1.49. The second kappa shape index (κ2) is 5.68. The second-order valence-corrected chi connectivity index (χ2v) is 7.20. The first-order chi connectivity index (χ1) is 12.6. The second-order valence-electron chi connectivity index (χ2n) is 7.20. The van der Waals surface area contributed by atoms with Crippen LogP contribution >= 0.6 is 0 Å². The zero-order valence-corrected chi connectivity index (χ0v) is 14.8. The average Bonchev–Trinajstić information content (AvgIpc) is 3.35. The summed E-state index contributed by atoms with van der Waals surface area (Å²) in [5, 5.41) is 0. The molecule has 0 spiro atoms. The van der Waals surface area contributed by atoms with E-state index in [4.69, 9.17) is 0 Å². The number of aryl methyl sites for hydroxylation is 2. The number of aromatic nitrogens is 3. The van der Waals surface area contributed by atoms with Crippen molar-refractivity contribution in [2.24, 2.45) is 12.5 Å². The van der Waals surface area contributed by atoms with Crippen molar-refractivity contribution in [3.8, 4) is 11.3 Å². The number of pyridine rings is 1. The van der Waals surface area contributed by atoms with Crippen molar-refractivity contribution in [2.75, 3.05) is 0 Å². The summed E-state index contributed by atoms with van der Waals surface area (Å²) in [6.07, 6.45) is -4.29. The van der Waals surface area contributed by atoms with Gasteiger partial charge in [-0.05, 0) is 55.7 Å². The molecule has 4 nitrogen and oxygen atoms in total. The van der Waals surface area contributed by atoms with E-state index < -0.39 is 23.8 Å². The summed E-state index contributed by atoms with van der Waals surface area (Å²) < 4.78 is 55.7. The van der Waals surface area contributed by atoms with E-state index in [1.54, 1.807) is 25.1 Å². The highest BCUT2D eigenvalue weighted by Gasteiger charge is 2.63. The van der Waals surface area contributed by atoms with E-state index in [0.29, 0.717) is 28.0 Å². The lowest BCUT2D eigenvalue weighted by molar-refractivity contribution is -0.190. The predicted molar refractivity (Wildman–Crippen MR) is 92.8 cm³/mol. The van der Waals surface area contributed by atoms with Crippen LogP contribution in [0, 0.1) is 18.2 Å². The summed E-state index contributed by atoms with van der Waals surface area (Å²) in [6.45, 7) is 1.35. The number of fused-ring (bicyclic) bond motifs is 1. The van der Waals surface area contributed by atoms with Gasteiger partial charge in [-0.3, -0.25) is 9.13 Å². The molecular weight excluding hydrogens is 362 g/mol. The van der Waals surface area contributed by atoms with E-state index in [1.807, 2.05) is 0 Å². The average molecular weight is 379 g/mol. The molecule has 1 fully saturated rings. The van der Waals surface area contributed by atoms with Gasteiger partial charge in [-0.2, -0.15) is 13.2 Å². The number of hydrogen-bond acceptors (Lipinski definition) is 2. The normalized spacial score (nSPS) is 16.1. The Morgan fingerprint density at radius 1 is 1.19 bits per heavy atom. The number of benzene rings is 1. The van der Waals surface area contributed by atoms with Crippen LogP contribution in [0.5, 0.6) is 0 Å². The molecule has 0 bridgehead atoms. The molecule has 8 heteroatoms. The number of imidazole rings is 1. The molecule has 27 heavy (non-hydrogen) atoms. The van der Waals surface area contributed by atoms with Crippen LogP contribution in [0.3, 0.4) is 0 Å². The molecule has 0 N–H and O–H groups in total. The Hall–Kier alpha value is -2.64. The molecule has 0 radical (unpaired) electrons. The Kier molecular flexibility index (Phi) is 3.73. The SMILES string of the molecule is Cc1cc(F)ccc1-c1ccc2c(n1)n(C)c(=O)n2CC1(C(F)(F)F)CC1. The summed E-state index contributed by atoms with van der Waals surface area (Å²) in [4.78, 5) is 17.0. The van der Waals surface area contributed by atoms with Crippen molar-refractivity contribution < 1.29 is 17.6 Å². The molecule has 0 unspecified atom stereocenters. The highest BCUT2D eigenvalue weighted by molar-refractivity contribution is 5.77. The lowest BCUT2D eigenvalue weighted by Crippen LogP contribution is -2.33. The Morgan fingerprint density at radius 3 is 2.48 bits per heavy atom. The molecule has 0 aliphatic heterocycles. The fourth-order valence-corrected chi connectivity index (χ4v) is 3.48. The molecule has 142 valence electrons. The van der Waals surface area contributed by atoms with Crippen LogP contribution in [0.1, 0.15) is 18.4 Å². The molecule has 0 saturated heterocycles. The maximum Gasteiger partial charge on any atom is 0.396 e. The maximum atomic E-state index is 13.3. The Bertz CT molecular complexity index is 1110. The summed E-state index contributed by atoms with van der Waals surface area (Å²) in [5.41, 5.74) is 0.233. The molecule has 0 amide bonds. The summed E-state index contributed by atoms with van der Waals surface area (Å²) >= 11 is 0. The minimum Gasteiger partial charge on any atom is -0.289 e. The number of rotatable bonds is 3. The van der Waals surface area contributed by atoms with Crippen molar-refractivity contribution in [1.29, 1.82) is 0 Å². The first kappa shape index (κ1) is 17.8. The molecule has 2 heterocycles. The van der Waals surface area contributed by atoms with Gasteiger partial charge in [0.05, 0.1) is 16.6 Å². The minimum absolute atomic E-state index is 0.0274. The fraction of sp³-hybridized carbons (Fsp3) is 0.368. The van der Waals surface area contributed by atoms with Crippen LogP contribution in [-0.2, 0) is 13.6 Å². The van der Waals surface area contributed by atoms with E-state index >= 15 is 0 Å². The van der Waals surface area contributed by atoms with E-state index in [9.17, 15) is 22.4 Å². The van der Waals surface area contributed by atoms with Crippen molar-refractivity contribution in [1.82, 2.24) is 14.1 Å². The van der Waals surface area contributed by atoms with Gasteiger partial charge in [0.25, 0.3) is 0 Å². The molecule has 2 aromatic heterocycles. The zero-order valence-electron chi connectivity index (χ0n) is 14.8. The standard InChI is InChI=1S/C19H17F4N3O/c1-11-9-12(20)3-4-13(11)14-5-6-15-16(24-14)25(2)17(27)26(15)10-18(7-8-18)19(21,22)23/h3-6,9H,7-8,10H2,1-2H3. The maximum absolute atomic E-state index is 13.3. The lowest BCUT2D eigenvalue weighted by Gasteiger charge is -2.19. The third kappa shape index (κ3) is 2.74. The highest BCUT2D eigenvalue weighted by Crippen LogP contribution is 2.58. The van der Waals surface area contributed by atoms with E-state index in [-0.39, 0.29) is 18.7 Å². The molecule has 3 aromatic rings. The molecule has 1 aliphatic carbocycles. The van der Waals surface area contributed by atoms with Crippen LogP contribution in [0.2, 0.25) is 0 Å². The van der Waals surface area contributed by atoms with Crippen molar-refractivity contribution in [3.05, 3.63) is 52.2 Å². The lowest BCUT2D eigenvalue weighted by atomic mass is 10.0. The number of nitrogens with zero attached hydrogens (tertiary/aromatic N) is 3. The largest absolute Gasteiger partial charge is 0.396 e. The predicted octanol–water partition coefficient (Wildman–Crippen LogP) is 4.19. The van der Waals surface area contributed by atoms with Gasteiger partial charge in [-0.25, -0.2) is 14.2 Å². The van der Waals surface area contributed by atoms with Gasteiger partial charge in [-0.15, -0.1) is 0 Å². The molecule has 4 rings (SSSR count). The minimum atomic E-state index is -4.34. The van der Waals surface area contributed by atoms with Gasteiger partial charge in [0, 0.05) is 19.2 Å². The monoisotopic (exact) mass is 379 g/mol. The van der Waals surface area contributed by atoms with E-state index in [2.05, 4.69) is 4.98 Å². The van der Waals surface area contributed by atoms with Gasteiger partial charge < -0.3 is 0 Å². The molecule has 0 atom stereocenters.